The number of thiophene rings is 1. The fraction of sp³-hybridized carbons (Fsp3) is 0.316. The van der Waals surface area contributed by atoms with Crippen LogP contribution in [0.5, 0.6) is 0 Å². The molecule has 0 bridgehead atoms. The van der Waals surface area contributed by atoms with E-state index in [-0.39, 0.29) is 6.03 Å². The standard InChI is InChI=1S/C19H20N4O3S/c1-10-6-11(2)8-13(7-10)21-19(24)22-18-16(17-20-12(3)23-26-17)14-4-5-25-9-15(14)27-18/h6-8H,4-5,9H2,1-3H3,(H2,21,22,24). The van der Waals surface area contributed by atoms with E-state index in [0.717, 1.165) is 39.2 Å². The van der Waals surface area contributed by atoms with E-state index in [9.17, 15) is 4.79 Å². The lowest BCUT2D eigenvalue weighted by atomic mass is 10.1. The van der Waals surface area contributed by atoms with Crippen LogP contribution < -0.4 is 10.6 Å². The Labute approximate surface area is 160 Å². The number of aryl methyl sites for hydroxylation is 3. The van der Waals surface area contributed by atoms with Crippen molar-refractivity contribution in [2.24, 2.45) is 0 Å². The summed E-state index contributed by atoms with van der Waals surface area (Å²) in [6.07, 6.45) is 0.753. The van der Waals surface area contributed by atoms with Crippen molar-refractivity contribution < 1.29 is 14.1 Å². The van der Waals surface area contributed by atoms with Crippen LogP contribution in [0.15, 0.2) is 22.7 Å². The normalized spacial score (nSPS) is 13.3. The second-order valence-electron chi connectivity index (χ2n) is 6.61. The van der Waals surface area contributed by atoms with Crippen molar-refractivity contribution in [2.45, 2.75) is 33.8 Å². The highest BCUT2D eigenvalue weighted by atomic mass is 32.1. The molecule has 2 N–H and O–H groups in total. The molecule has 0 aliphatic carbocycles. The molecule has 0 fully saturated rings. The van der Waals surface area contributed by atoms with Crippen molar-refractivity contribution >= 4 is 28.1 Å². The fourth-order valence-corrected chi connectivity index (χ4v) is 4.43. The summed E-state index contributed by atoms with van der Waals surface area (Å²) < 4.78 is 10.9. The SMILES string of the molecule is Cc1cc(C)cc(NC(=O)Nc2sc3c(c2-c2nc(C)no2)CCOC3)c1. The molecular weight excluding hydrogens is 364 g/mol. The molecule has 2 amide bonds. The molecule has 4 rings (SSSR count). The Morgan fingerprint density at radius 3 is 2.63 bits per heavy atom. The second kappa shape index (κ2) is 7.13. The smallest absolute Gasteiger partial charge is 0.324 e. The third-order valence-electron chi connectivity index (χ3n) is 4.27. The van der Waals surface area contributed by atoms with Crippen molar-refractivity contribution in [3.05, 3.63) is 45.6 Å². The Balaban J connectivity index is 1.63. The molecule has 3 aromatic rings. The number of benzene rings is 1. The van der Waals surface area contributed by atoms with Gasteiger partial charge >= 0.3 is 6.03 Å². The molecule has 1 aliphatic heterocycles. The second-order valence-corrected chi connectivity index (χ2v) is 7.72. The van der Waals surface area contributed by atoms with Crippen LogP contribution in [0.25, 0.3) is 11.5 Å². The number of rotatable bonds is 3. The molecule has 8 heteroatoms. The van der Waals surface area contributed by atoms with E-state index >= 15 is 0 Å². The zero-order valence-electron chi connectivity index (χ0n) is 15.4. The molecule has 140 valence electrons. The van der Waals surface area contributed by atoms with Crippen molar-refractivity contribution in [3.63, 3.8) is 0 Å². The number of amides is 2. The minimum atomic E-state index is -0.308. The van der Waals surface area contributed by atoms with Gasteiger partial charge in [0, 0.05) is 10.6 Å². The maximum Gasteiger partial charge on any atom is 0.324 e. The molecule has 27 heavy (non-hydrogen) atoms. The monoisotopic (exact) mass is 384 g/mol. The number of hydrogen-bond acceptors (Lipinski definition) is 6. The molecule has 0 unspecified atom stereocenters. The number of nitrogens with zero attached hydrogens (tertiary/aromatic N) is 2. The van der Waals surface area contributed by atoms with Crippen LogP contribution in [0.3, 0.4) is 0 Å². The van der Waals surface area contributed by atoms with Gasteiger partial charge in [0.05, 0.1) is 18.8 Å². The van der Waals surface area contributed by atoms with Crippen LogP contribution in [0, 0.1) is 20.8 Å². The quantitative estimate of drug-likeness (QED) is 0.697. The van der Waals surface area contributed by atoms with E-state index in [1.54, 1.807) is 6.92 Å². The van der Waals surface area contributed by atoms with E-state index < -0.39 is 0 Å². The topological polar surface area (TPSA) is 89.3 Å². The lowest BCUT2D eigenvalue weighted by Crippen LogP contribution is -2.19. The highest BCUT2D eigenvalue weighted by molar-refractivity contribution is 7.17. The van der Waals surface area contributed by atoms with Crippen LogP contribution in [-0.4, -0.2) is 22.8 Å². The van der Waals surface area contributed by atoms with Gasteiger partial charge in [-0.25, -0.2) is 4.79 Å². The number of aromatic nitrogens is 2. The summed E-state index contributed by atoms with van der Waals surface area (Å²) in [5, 5.41) is 10.4. The Bertz CT molecular complexity index is 988. The maximum absolute atomic E-state index is 12.6. The fourth-order valence-electron chi connectivity index (χ4n) is 3.26. The summed E-state index contributed by atoms with van der Waals surface area (Å²) in [6, 6.07) is 5.62. The van der Waals surface area contributed by atoms with Crippen LogP contribution in [-0.2, 0) is 17.8 Å². The van der Waals surface area contributed by atoms with Gasteiger partial charge in [-0.15, -0.1) is 11.3 Å². The molecule has 3 heterocycles. The molecule has 1 aliphatic rings. The van der Waals surface area contributed by atoms with Gasteiger partial charge in [-0.3, -0.25) is 5.32 Å². The lowest BCUT2D eigenvalue weighted by molar-refractivity contribution is 0.113. The molecule has 0 saturated carbocycles. The third kappa shape index (κ3) is 3.72. The number of hydrogen-bond donors (Lipinski definition) is 2. The van der Waals surface area contributed by atoms with Gasteiger partial charge in [0.15, 0.2) is 5.82 Å². The number of carbonyl (C=O) groups excluding carboxylic acids is 1. The van der Waals surface area contributed by atoms with Gasteiger partial charge in [-0.05, 0) is 56.0 Å². The number of anilines is 2. The van der Waals surface area contributed by atoms with Crippen molar-refractivity contribution in [2.75, 3.05) is 17.2 Å². The Kier molecular flexibility index (Phi) is 4.67. The van der Waals surface area contributed by atoms with Crippen molar-refractivity contribution in [1.29, 1.82) is 0 Å². The number of ether oxygens (including phenoxy) is 1. The molecule has 0 spiro atoms. The van der Waals surface area contributed by atoms with Crippen LogP contribution in [0.1, 0.15) is 27.4 Å². The first-order chi connectivity index (χ1) is 13.0. The summed E-state index contributed by atoms with van der Waals surface area (Å²) in [6.45, 7) is 6.94. The summed E-state index contributed by atoms with van der Waals surface area (Å²) >= 11 is 1.49. The van der Waals surface area contributed by atoms with E-state index in [1.165, 1.54) is 11.3 Å². The first-order valence-electron chi connectivity index (χ1n) is 8.69. The van der Waals surface area contributed by atoms with Gasteiger partial charge in [-0.1, -0.05) is 11.2 Å². The predicted molar refractivity (Wildman–Crippen MR) is 104 cm³/mol. The number of fused-ring (bicyclic) bond motifs is 1. The van der Waals surface area contributed by atoms with Gasteiger partial charge < -0.3 is 14.6 Å². The predicted octanol–water partition coefficient (Wildman–Crippen LogP) is 4.44. The molecule has 0 saturated heterocycles. The Morgan fingerprint density at radius 1 is 1.15 bits per heavy atom. The molecule has 1 aromatic carbocycles. The zero-order chi connectivity index (χ0) is 19.0. The van der Waals surface area contributed by atoms with Crippen molar-refractivity contribution in [3.8, 4) is 11.5 Å². The molecule has 2 aromatic heterocycles. The molecule has 7 nitrogen and oxygen atoms in total. The van der Waals surface area contributed by atoms with Gasteiger partial charge in [0.25, 0.3) is 5.89 Å². The Morgan fingerprint density at radius 2 is 1.93 bits per heavy atom. The highest BCUT2D eigenvalue weighted by Crippen LogP contribution is 2.42. The first-order valence-corrected chi connectivity index (χ1v) is 9.50. The van der Waals surface area contributed by atoms with Crippen LogP contribution in [0.2, 0.25) is 0 Å². The van der Waals surface area contributed by atoms with Crippen molar-refractivity contribution in [1.82, 2.24) is 10.1 Å². The highest BCUT2D eigenvalue weighted by Gasteiger charge is 2.26. The summed E-state index contributed by atoms with van der Waals surface area (Å²) in [7, 11) is 0. The van der Waals surface area contributed by atoms with Gasteiger partial charge in [-0.2, -0.15) is 4.98 Å². The third-order valence-corrected chi connectivity index (χ3v) is 5.39. The van der Waals surface area contributed by atoms with E-state index in [0.29, 0.717) is 29.9 Å². The summed E-state index contributed by atoms with van der Waals surface area (Å²) in [5.74, 6) is 0.983. The largest absolute Gasteiger partial charge is 0.376 e. The molecule has 0 radical (unpaired) electrons. The average molecular weight is 384 g/mol. The maximum atomic E-state index is 12.6. The van der Waals surface area contributed by atoms with E-state index in [2.05, 4.69) is 26.8 Å². The van der Waals surface area contributed by atoms with Crippen LogP contribution in [0.4, 0.5) is 15.5 Å². The molecule has 0 atom stereocenters. The minimum absolute atomic E-state index is 0.308. The van der Waals surface area contributed by atoms with Crippen LogP contribution >= 0.6 is 11.3 Å². The Hall–Kier alpha value is -2.71. The summed E-state index contributed by atoms with van der Waals surface area (Å²) in [5.41, 5.74) is 4.85. The first kappa shape index (κ1) is 17.7. The number of nitrogens with one attached hydrogen (secondary N) is 2. The zero-order valence-corrected chi connectivity index (χ0v) is 16.2. The number of urea groups is 1. The number of carbonyl (C=O) groups is 1. The molecular formula is C19H20N4O3S. The van der Waals surface area contributed by atoms with E-state index in [4.69, 9.17) is 9.26 Å². The average Bonchev–Trinajstić information content (AvgIpc) is 3.16. The lowest BCUT2D eigenvalue weighted by Gasteiger charge is -2.12. The van der Waals surface area contributed by atoms with E-state index in [1.807, 2.05) is 26.0 Å². The minimum Gasteiger partial charge on any atom is -0.376 e. The summed E-state index contributed by atoms with van der Waals surface area (Å²) in [4.78, 5) is 18.0. The van der Waals surface area contributed by atoms with Gasteiger partial charge in [0.2, 0.25) is 0 Å². The van der Waals surface area contributed by atoms with Gasteiger partial charge in [0.1, 0.15) is 5.00 Å².